The minimum atomic E-state index is -0.466. The van der Waals surface area contributed by atoms with Crippen LogP contribution in [0.4, 0.5) is 27.5 Å². The van der Waals surface area contributed by atoms with Crippen molar-refractivity contribution in [3.05, 3.63) is 42.1 Å². The Morgan fingerprint density at radius 1 is 1.23 bits per heavy atom. The van der Waals surface area contributed by atoms with Crippen molar-refractivity contribution >= 4 is 29.0 Å². The lowest BCUT2D eigenvalue weighted by Crippen LogP contribution is -2.42. The van der Waals surface area contributed by atoms with Gasteiger partial charge in [0.25, 0.3) is 5.91 Å². The summed E-state index contributed by atoms with van der Waals surface area (Å²) in [6, 6.07) is 6.58. The van der Waals surface area contributed by atoms with Crippen LogP contribution < -0.4 is 26.2 Å². The van der Waals surface area contributed by atoms with Crippen molar-refractivity contribution in [2.75, 3.05) is 66.8 Å². The van der Waals surface area contributed by atoms with E-state index in [1.165, 1.54) is 6.07 Å². The molecule has 2 aliphatic heterocycles. The van der Waals surface area contributed by atoms with E-state index in [0.717, 1.165) is 38.2 Å². The molecule has 5 rings (SSSR count). The smallest absolute Gasteiger partial charge is 0.291 e. The van der Waals surface area contributed by atoms with Crippen molar-refractivity contribution in [3.63, 3.8) is 0 Å². The zero-order valence-electron chi connectivity index (χ0n) is 22.4. The van der Waals surface area contributed by atoms with Crippen LogP contribution in [-0.2, 0) is 4.74 Å². The molecule has 0 aliphatic carbocycles. The maximum absolute atomic E-state index is 14.9. The summed E-state index contributed by atoms with van der Waals surface area (Å²) in [6.45, 7) is 6.20. The predicted molar refractivity (Wildman–Crippen MR) is 150 cm³/mol. The van der Waals surface area contributed by atoms with Crippen LogP contribution in [0.1, 0.15) is 36.8 Å². The number of hydrogen-bond donors (Lipinski definition) is 4. The Balaban J connectivity index is 1.35. The van der Waals surface area contributed by atoms with Crippen LogP contribution in [0.2, 0.25) is 0 Å². The number of imidazole rings is 1. The summed E-state index contributed by atoms with van der Waals surface area (Å²) in [4.78, 5) is 33.9. The molecule has 1 atom stereocenters. The van der Waals surface area contributed by atoms with Gasteiger partial charge in [0, 0.05) is 39.3 Å². The van der Waals surface area contributed by atoms with E-state index >= 15 is 0 Å². The maximum Gasteiger partial charge on any atom is 0.291 e. The van der Waals surface area contributed by atoms with Crippen LogP contribution >= 0.6 is 0 Å². The Labute approximate surface area is 227 Å². The minimum absolute atomic E-state index is 0.102. The van der Waals surface area contributed by atoms with E-state index in [4.69, 9.17) is 10.5 Å². The first-order valence-electron chi connectivity index (χ1n) is 13.5. The van der Waals surface area contributed by atoms with Gasteiger partial charge in [-0.25, -0.2) is 14.4 Å². The fourth-order valence-corrected chi connectivity index (χ4v) is 5.10. The molecule has 2 aromatic heterocycles. The Morgan fingerprint density at radius 3 is 2.79 bits per heavy atom. The van der Waals surface area contributed by atoms with Crippen LogP contribution in [-0.4, -0.2) is 78.3 Å². The number of anilines is 4. The molecule has 0 unspecified atom stereocenters. The molecule has 12 heteroatoms. The molecule has 0 radical (unpaired) electrons. The third-order valence-corrected chi connectivity index (χ3v) is 7.42. The first-order chi connectivity index (χ1) is 19.0. The number of carbonyl (C=O) groups excluding carboxylic acids is 1. The molecule has 0 spiro atoms. The van der Waals surface area contributed by atoms with Gasteiger partial charge in [0.05, 0.1) is 41.7 Å². The van der Waals surface area contributed by atoms with Crippen molar-refractivity contribution in [3.8, 4) is 11.4 Å². The van der Waals surface area contributed by atoms with Crippen molar-refractivity contribution in [1.82, 2.24) is 19.9 Å². The summed E-state index contributed by atoms with van der Waals surface area (Å²) in [7, 11) is 1.76. The van der Waals surface area contributed by atoms with E-state index in [1.807, 2.05) is 11.0 Å². The summed E-state index contributed by atoms with van der Waals surface area (Å²) >= 11 is 0. The Morgan fingerprint density at radius 2 is 2.05 bits per heavy atom. The van der Waals surface area contributed by atoms with Crippen LogP contribution in [0.25, 0.3) is 11.4 Å². The van der Waals surface area contributed by atoms with E-state index in [0.29, 0.717) is 60.9 Å². The number of benzene rings is 1. The summed E-state index contributed by atoms with van der Waals surface area (Å²) in [5.74, 6) is 0.938. The van der Waals surface area contributed by atoms with Gasteiger partial charge in [0.15, 0.2) is 5.82 Å². The lowest BCUT2D eigenvalue weighted by Gasteiger charge is -2.34. The molecule has 2 fully saturated rings. The Hall–Kier alpha value is -3.77. The summed E-state index contributed by atoms with van der Waals surface area (Å²) in [6.07, 6.45) is 4.42. The Bertz CT molecular complexity index is 1290. The van der Waals surface area contributed by atoms with E-state index in [-0.39, 0.29) is 17.7 Å². The molecule has 1 aromatic carbocycles. The average molecular weight is 538 g/mol. The van der Waals surface area contributed by atoms with Gasteiger partial charge in [-0.05, 0) is 43.9 Å². The number of rotatable bonds is 8. The first kappa shape index (κ1) is 26.8. The summed E-state index contributed by atoms with van der Waals surface area (Å²) in [5.41, 5.74) is 7.79. The molecule has 208 valence electrons. The molecule has 2 saturated heterocycles. The number of nitrogens with two attached hydrogens (primary N) is 1. The monoisotopic (exact) mass is 537 g/mol. The quantitative estimate of drug-likeness (QED) is 0.342. The predicted octanol–water partition coefficient (Wildman–Crippen LogP) is 3.09. The highest BCUT2D eigenvalue weighted by molar-refractivity contribution is 6.04. The zero-order valence-corrected chi connectivity index (χ0v) is 22.4. The van der Waals surface area contributed by atoms with Gasteiger partial charge in [-0.3, -0.25) is 4.79 Å². The summed E-state index contributed by atoms with van der Waals surface area (Å²) in [5, 5.41) is 5.86. The number of nitrogens with zero attached hydrogens (tertiary/aromatic N) is 5. The molecular weight excluding hydrogens is 501 g/mol. The fourth-order valence-electron chi connectivity index (χ4n) is 5.10. The zero-order chi connectivity index (χ0) is 27.4. The normalized spacial score (nSPS) is 18.3. The molecule has 11 nitrogen and oxygen atoms in total. The van der Waals surface area contributed by atoms with Crippen molar-refractivity contribution in [1.29, 1.82) is 0 Å². The van der Waals surface area contributed by atoms with Crippen LogP contribution in [0.5, 0.6) is 0 Å². The van der Waals surface area contributed by atoms with Gasteiger partial charge in [-0.15, -0.1) is 0 Å². The van der Waals surface area contributed by atoms with E-state index in [2.05, 4.69) is 42.4 Å². The van der Waals surface area contributed by atoms with Gasteiger partial charge >= 0.3 is 0 Å². The second-order valence-corrected chi connectivity index (χ2v) is 9.93. The number of amides is 1. The largest absolute Gasteiger partial charge is 0.375 e. The van der Waals surface area contributed by atoms with Crippen LogP contribution in [0, 0.1) is 11.7 Å². The molecular formula is C27H36FN9O2. The number of piperidine rings is 1. The lowest BCUT2D eigenvalue weighted by atomic mass is 9.96. The van der Waals surface area contributed by atoms with Crippen LogP contribution in [0.3, 0.4) is 0 Å². The van der Waals surface area contributed by atoms with Gasteiger partial charge < -0.3 is 35.9 Å². The number of halogens is 1. The molecule has 39 heavy (non-hydrogen) atoms. The highest BCUT2D eigenvalue weighted by Gasteiger charge is 2.25. The van der Waals surface area contributed by atoms with Gasteiger partial charge in [0.2, 0.25) is 5.95 Å². The standard InChI is InChI=1S/C27H36FN9O2/c1-3-18-16-37(11-12-39-18)23-13-21(34-27(30-2)35-23)22-15-31-25(32-22)26(38)33-20-6-4-5-19(28)24(20)36-9-7-17(14-29)8-10-36/h4-6,13,15,17-18H,3,7-12,14,16,29H2,1-2H3,(H,31,32)(H,33,38)(H,30,34,35)/t18-/m1/s1. The topological polar surface area (TPSA) is 137 Å². The molecule has 3 aromatic rings. The molecule has 4 heterocycles. The molecule has 2 aliphatic rings. The molecule has 1 amide bonds. The fraction of sp³-hybridized carbons (Fsp3) is 0.481. The van der Waals surface area contributed by atoms with Gasteiger partial charge in [-0.1, -0.05) is 13.0 Å². The number of aromatic amines is 1. The van der Waals surface area contributed by atoms with Crippen LogP contribution in [0.15, 0.2) is 30.5 Å². The van der Waals surface area contributed by atoms with Crippen molar-refractivity contribution in [2.24, 2.45) is 11.7 Å². The number of aromatic nitrogens is 4. The number of nitrogens with one attached hydrogen (secondary N) is 3. The third-order valence-electron chi connectivity index (χ3n) is 7.42. The number of H-pyrrole nitrogens is 1. The molecule has 5 N–H and O–H groups in total. The van der Waals surface area contributed by atoms with Gasteiger partial charge in [-0.2, -0.15) is 4.98 Å². The number of hydrogen-bond acceptors (Lipinski definition) is 9. The first-order valence-corrected chi connectivity index (χ1v) is 13.5. The number of morpholine rings is 1. The lowest BCUT2D eigenvalue weighted by molar-refractivity contribution is 0.0382. The summed E-state index contributed by atoms with van der Waals surface area (Å²) < 4.78 is 20.7. The van der Waals surface area contributed by atoms with E-state index in [9.17, 15) is 9.18 Å². The van der Waals surface area contributed by atoms with E-state index in [1.54, 1.807) is 25.4 Å². The average Bonchev–Trinajstić information content (AvgIpc) is 3.48. The maximum atomic E-state index is 14.9. The van der Waals surface area contributed by atoms with Crippen molar-refractivity contribution in [2.45, 2.75) is 32.3 Å². The third kappa shape index (κ3) is 5.96. The van der Waals surface area contributed by atoms with E-state index < -0.39 is 5.91 Å². The van der Waals surface area contributed by atoms with Gasteiger partial charge in [0.1, 0.15) is 11.6 Å². The highest BCUT2D eigenvalue weighted by Crippen LogP contribution is 2.33. The Kier molecular flexibility index (Phi) is 8.22. The second-order valence-electron chi connectivity index (χ2n) is 9.93. The van der Waals surface area contributed by atoms with Crippen molar-refractivity contribution < 1.29 is 13.9 Å². The number of carbonyl (C=O) groups is 1. The highest BCUT2D eigenvalue weighted by atomic mass is 19.1. The number of ether oxygens (including phenoxy) is 1. The SMILES string of the molecule is CC[C@@H]1CN(c2cc(-c3cnc(C(=O)Nc4cccc(F)c4N4CCC(CN)CC4)[nH]3)nc(NC)n2)CCO1. The molecule has 0 bridgehead atoms. The second kappa shape index (κ2) is 12.0. The molecule has 0 saturated carbocycles. The number of para-hydroxylation sites is 1. The minimum Gasteiger partial charge on any atom is -0.375 e.